The lowest BCUT2D eigenvalue weighted by Crippen LogP contribution is -2.10. The zero-order chi connectivity index (χ0) is 15.6. The Kier molecular flexibility index (Phi) is 5.27. The maximum absolute atomic E-state index is 12.3. The minimum absolute atomic E-state index is 0.371. The largest absolute Gasteiger partial charge is 0.496 e. The highest BCUT2D eigenvalue weighted by molar-refractivity contribution is 14.1. The number of halogens is 2. The molecule has 0 aliphatic rings. The van der Waals surface area contributed by atoms with Crippen molar-refractivity contribution in [3.8, 4) is 11.5 Å². The van der Waals surface area contributed by atoms with Gasteiger partial charge in [0.1, 0.15) is 11.5 Å². The number of carbonyl (C=O) groups excluding carboxylic acids is 1. The molecule has 0 amide bonds. The van der Waals surface area contributed by atoms with E-state index in [4.69, 9.17) is 9.47 Å². The van der Waals surface area contributed by atoms with Gasteiger partial charge < -0.3 is 9.47 Å². The minimum atomic E-state index is -0.371. The Balaban J connectivity index is 2.28. The average Bonchev–Trinajstić information content (AvgIpc) is 2.42. The number of rotatable bonds is 3. The lowest BCUT2D eigenvalue weighted by atomic mass is 10.1. The number of aryl methyl sites for hydroxylation is 2. The van der Waals surface area contributed by atoms with Crippen LogP contribution in [-0.4, -0.2) is 13.1 Å². The number of benzene rings is 2. The molecule has 0 fully saturated rings. The molecule has 0 heterocycles. The third kappa shape index (κ3) is 3.77. The van der Waals surface area contributed by atoms with E-state index in [1.807, 2.05) is 26.0 Å². The van der Waals surface area contributed by atoms with Crippen molar-refractivity contribution in [2.24, 2.45) is 0 Å². The number of carbonyl (C=O) groups is 1. The molecule has 2 rings (SSSR count). The molecule has 0 aromatic heterocycles. The van der Waals surface area contributed by atoms with Crippen molar-refractivity contribution in [3.05, 3.63) is 55.1 Å². The average molecular weight is 461 g/mol. The van der Waals surface area contributed by atoms with Gasteiger partial charge in [-0.3, -0.25) is 0 Å². The van der Waals surface area contributed by atoms with Gasteiger partial charge in [0.2, 0.25) is 0 Å². The van der Waals surface area contributed by atoms with Crippen molar-refractivity contribution in [1.29, 1.82) is 0 Å². The molecule has 0 atom stereocenters. The van der Waals surface area contributed by atoms with Crippen LogP contribution in [0.25, 0.3) is 0 Å². The van der Waals surface area contributed by atoms with Gasteiger partial charge in [-0.05, 0) is 77.9 Å². The third-order valence-corrected chi connectivity index (χ3v) is 4.31. The van der Waals surface area contributed by atoms with Gasteiger partial charge >= 0.3 is 5.97 Å². The fourth-order valence-corrected chi connectivity index (χ4v) is 3.43. The Morgan fingerprint density at radius 3 is 2.29 bits per heavy atom. The maximum atomic E-state index is 12.3. The predicted molar refractivity (Wildman–Crippen MR) is 94.3 cm³/mol. The molecule has 0 spiro atoms. The lowest BCUT2D eigenvalue weighted by Gasteiger charge is -2.12. The van der Waals surface area contributed by atoms with Crippen LogP contribution >= 0.6 is 38.5 Å². The summed E-state index contributed by atoms with van der Waals surface area (Å²) < 4.78 is 12.6. The Labute approximate surface area is 145 Å². The van der Waals surface area contributed by atoms with E-state index in [1.54, 1.807) is 25.3 Å². The van der Waals surface area contributed by atoms with E-state index >= 15 is 0 Å². The van der Waals surface area contributed by atoms with Crippen LogP contribution in [0.1, 0.15) is 21.5 Å². The first-order valence-corrected chi connectivity index (χ1v) is 8.12. The molecule has 2 aromatic carbocycles. The highest BCUT2D eigenvalue weighted by atomic mass is 127. The standard InChI is InChI=1S/C16H14BrIO3/c1-9-6-12(17)7-10(2)15(9)21-16(19)11-4-5-14(20-3)13(18)8-11/h4-8H,1-3H3. The van der Waals surface area contributed by atoms with Crippen LogP contribution in [0, 0.1) is 17.4 Å². The van der Waals surface area contributed by atoms with E-state index in [2.05, 4.69) is 38.5 Å². The smallest absolute Gasteiger partial charge is 0.343 e. The topological polar surface area (TPSA) is 35.5 Å². The highest BCUT2D eigenvalue weighted by Gasteiger charge is 2.14. The molecule has 5 heteroatoms. The van der Waals surface area contributed by atoms with E-state index in [9.17, 15) is 4.79 Å². The number of hydrogen-bond acceptors (Lipinski definition) is 3. The summed E-state index contributed by atoms with van der Waals surface area (Å²) in [6, 6.07) is 9.07. The van der Waals surface area contributed by atoms with E-state index in [1.165, 1.54) is 0 Å². The van der Waals surface area contributed by atoms with Gasteiger partial charge in [0, 0.05) is 4.47 Å². The molecule has 0 aliphatic heterocycles. The molecule has 0 unspecified atom stereocenters. The van der Waals surface area contributed by atoms with Gasteiger partial charge in [0.05, 0.1) is 16.2 Å². The lowest BCUT2D eigenvalue weighted by molar-refractivity contribution is 0.0732. The van der Waals surface area contributed by atoms with E-state index in [0.29, 0.717) is 11.3 Å². The van der Waals surface area contributed by atoms with Crippen molar-refractivity contribution in [1.82, 2.24) is 0 Å². The molecule has 0 saturated heterocycles. The van der Waals surface area contributed by atoms with Gasteiger partial charge in [0.15, 0.2) is 0 Å². The third-order valence-electron chi connectivity index (χ3n) is 3.01. The molecular formula is C16H14BrIO3. The second-order valence-corrected chi connectivity index (χ2v) is 6.69. The van der Waals surface area contributed by atoms with Crippen LogP contribution in [0.3, 0.4) is 0 Å². The van der Waals surface area contributed by atoms with Crippen LogP contribution in [0.5, 0.6) is 11.5 Å². The molecule has 0 bridgehead atoms. The Hall–Kier alpha value is -1.08. The van der Waals surface area contributed by atoms with E-state index in [-0.39, 0.29) is 5.97 Å². The first-order chi connectivity index (χ1) is 9.92. The van der Waals surface area contributed by atoms with Crippen LogP contribution in [-0.2, 0) is 0 Å². The summed E-state index contributed by atoms with van der Waals surface area (Å²) in [5.41, 5.74) is 2.33. The summed E-state index contributed by atoms with van der Waals surface area (Å²) in [6.45, 7) is 3.83. The molecule has 0 radical (unpaired) electrons. The summed E-state index contributed by atoms with van der Waals surface area (Å²) in [6.07, 6.45) is 0. The first-order valence-electron chi connectivity index (χ1n) is 6.25. The molecular weight excluding hydrogens is 447 g/mol. The Morgan fingerprint density at radius 2 is 1.76 bits per heavy atom. The summed E-state index contributed by atoms with van der Waals surface area (Å²) >= 11 is 5.56. The summed E-state index contributed by atoms with van der Waals surface area (Å²) in [5, 5.41) is 0. The van der Waals surface area contributed by atoms with Gasteiger partial charge in [-0.15, -0.1) is 0 Å². The predicted octanol–water partition coefficient (Wildman–Crippen LogP) is 4.90. The molecule has 0 aliphatic carbocycles. The summed E-state index contributed by atoms with van der Waals surface area (Å²) in [7, 11) is 1.60. The van der Waals surface area contributed by atoms with Crippen molar-refractivity contribution < 1.29 is 14.3 Å². The highest BCUT2D eigenvalue weighted by Crippen LogP contribution is 2.28. The van der Waals surface area contributed by atoms with Crippen molar-refractivity contribution in [3.63, 3.8) is 0 Å². The van der Waals surface area contributed by atoms with Crippen molar-refractivity contribution >= 4 is 44.5 Å². The normalized spacial score (nSPS) is 10.3. The van der Waals surface area contributed by atoms with Crippen molar-refractivity contribution in [2.45, 2.75) is 13.8 Å². The fraction of sp³-hybridized carbons (Fsp3) is 0.188. The zero-order valence-electron chi connectivity index (χ0n) is 11.9. The first kappa shape index (κ1) is 16.3. The summed E-state index contributed by atoms with van der Waals surface area (Å²) in [4.78, 5) is 12.3. The number of esters is 1. The van der Waals surface area contributed by atoms with Crippen LogP contribution in [0.2, 0.25) is 0 Å². The SMILES string of the molecule is COc1ccc(C(=O)Oc2c(C)cc(Br)cc2C)cc1I. The van der Waals surface area contributed by atoms with Crippen molar-refractivity contribution in [2.75, 3.05) is 7.11 Å². The van der Waals surface area contributed by atoms with Crippen LogP contribution in [0.15, 0.2) is 34.8 Å². The van der Waals surface area contributed by atoms with Gasteiger partial charge in [-0.25, -0.2) is 4.79 Å². The Morgan fingerprint density at radius 1 is 1.14 bits per heavy atom. The second-order valence-electron chi connectivity index (χ2n) is 4.61. The Bertz CT molecular complexity index is 675. The number of hydrogen-bond donors (Lipinski definition) is 0. The molecule has 3 nitrogen and oxygen atoms in total. The molecule has 21 heavy (non-hydrogen) atoms. The van der Waals surface area contributed by atoms with E-state index in [0.717, 1.165) is 24.9 Å². The monoisotopic (exact) mass is 460 g/mol. The van der Waals surface area contributed by atoms with E-state index < -0.39 is 0 Å². The van der Waals surface area contributed by atoms with Crippen LogP contribution < -0.4 is 9.47 Å². The second kappa shape index (κ2) is 6.79. The quantitative estimate of drug-likeness (QED) is 0.371. The van der Waals surface area contributed by atoms with Crippen LogP contribution in [0.4, 0.5) is 0 Å². The zero-order valence-corrected chi connectivity index (χ0v) is 15.6. The van der Waals surface area contributed by atoms with Gasteiger partial charge in [-0.1, -0.05) is 15.9 Å². The van der Waals surface area contributed by atoms with Gasteiger partial charge in [-0.2, -0.15) is 0 Å². The van der Waals surface area contributed by atoms with Gasteiger partial charge in [0.25, 0.3) is 0 Å². The number of methoxy groups -OCH3 is 1. The summed E-state index contributed by atoms with van der Waals surface area (Å²) in [5.74, 6) is 0.973. The molecule has 0 saturated carbocycles. The molecule has 110 valence electrons. The fourth-order valence-electron chi connectivity index (χ4n) is 2.00. The maximum Gasteiger partial charge on any atom is 0.343 e. The minimum Gasteiger partial charge on any atom is -0.496 e. The number of ether oxygens (including phenoxy) is 2. The molecule has 0 N–H and O–H groups in total. The molecule has 2 aromatic rings.